The largest absolute Gasteiger partial charge is 0.452 e. The van der Waals surface area contributed by atoms with Crippen LogP contribution in [0.1, 0.15) is 36.0 Å². The van der Waals surface area contributed by atoms with Gasteiger partial charge in [0, 0.05) is 13.1 Å². The first-order chi connectivity index (χ1) is 12.4. The monoisotopic (exact) mass is 378 g/mol. The molecule has 1 aliphatic heterocycles. The number of rotatable bonds is 6. The summed E-state index contributed by atoms with van der Waals surface area (Å²) in [6.45, 7) is 0.516. The summed E-state index contributed by atoms with van der Waals surface area (Å²) in [6.07, 6.45) is 8.70. The normalized spacial score (nSPS) is 15.5. The lowest BCUT2D eigenvalue weighted by Crippen LogP contribution is -2.32. The van der Waals surface area contributed by atoms with Gasteiger partial charge < -0.3 is 10.1 Å². The second-order valence-electron chi connectivity index (χ2n) is 5.90. The lowest BCUT2D eigenvalue weighted by Gasteiger charge is -2.20. The minimum atomic E-state index is -3.66. The van der Waals surface area contributed by atoms with Crippen LogP contribution in [0.3, 0.4) is 0 Å². The van der Waals surface area contributed by atoms with Crippen molar-refractivity contribution in [3.05, 3.63) is 29.8 Å². The number of benzene rings is 1. The second kappa shape index (κ2) is 9.36. The molecule has 26 heavy (non-hydrogen) atoms. The number of ether oxygens (including phenoxy) is 1. The molecule has 0 spiro atoms. The molecular formula is C18H22N2O5S. The molecule has 0 bridgehead atoms. The molecule has 0 atom stereocenters. The minimum absolute atomic E-state index is 0.0416. The van der Waals surface area contributed by atoms with Crippen LogP contribution in [-0.4, -0.2) is 50.8 Å². The molecule has 0 aliphatic carbocycles. The molecule has 1 saturated heterocycles. The molecular weight excluding hydrogens is 356 g/mol. The van der Waals surface area contributed by atoms with Gasteiger partial charge in [0.2, 0.25) is 10.0 Å². The summed E-state index contributed by atoms with van der Waals surface area (Å²) < 4.78 is 31.9. The first-order valence-corrected chi connectivity index (χ1v) is 9.86. The number of terminal acetylenes is 1. The molecule has 1 fully saturated rings. The highest BCUT2D eigenvalue weighted by molar-refractivity contribution is 7.89. The van der Waals surface area contributed by atoms with E-state index in [4.69, 9.17) is 11.2 Å². The van der Waals surface area contributed by atoms with Gasteiger partial charge in [0.1, 0.15) is 0 Å². The van der Waals surface area contributed by atoms with Crippen LogP contribution in [0.2, 0.25) is 0 Å². The Kier molecular flexibility index (Phi) is 7.18. The summed E-state index contributed by atoms with van der Waals surface area (Å²) in [5.41, 5.74) is 0.0747. The lowest BCUT2D eigenvalue weighted by molar-refractivity contribution is -0.123. The topological polar surface area (TPSA) is 92.8 Å². The molecule has 0 unspecified atom stereocenters. The van der Waals surface area contributed by atoms with Gasteiger partial charge in [-0.2, -0.15) is 4.31 Å². The van der Waals surface area contributed by atoms with E-state index in [-0.39, 0.29) is 17.0 Å². The van der Waals surface area contributed by atoms with Crippen molar-refractivity contribution in [1.29, 1.82) is 0 Å². The Morgan fingerprint density at radius 2 is 1.88 bits per heavy atom. The maximum absolute atomic E-state index is 12.8. The third kappa shape index (κ3) is 5.31. The van der Waals surface area contributed by atoms with E-state index >= 15 is 0 Å². The van der Waals surface area contributed by atoms with E-state index in [2.05, 4.69) is 11.2 Å². The molecule has 140 valence electrons. The van der Waals surface area contributed by atoms with Crippen LogP contribution in [0.15, 0.2) is 29.2 Å². The van der Waals surface area contributed by atoms with Crippen LogP contribution in [0, 0.1) is 12.3 Å². The molecule has 7 nitrogen and oxygen atoms in total. The number of carbonyl (C=O) groups is 2. The number of amides is 1. The SMILES string of the molecule is C#CCNC(=O)COC(=O)c1cccc(S(=O)(=O)N2CCCCCC2)c1. The maximum Gasteiger partial charge on any atom is 0.338 e. The van der Waals surface area contributed by atoms with Gasteiger partial charge in [-0.05, 0) is 31.0 Å². The molecule has 0 aromatic heterocycles. The van der Waals surface area contributed by atoms with Crippen molar-refractivity contribution in [2.45, 2.75) is 30.6 Å². The van der Waals surface area contributed by atoms with Crippen molar-refractivity contribution < 1.29 is 22.7 Å². The van der Waals surface area contributed by atoms with Gasteiger partial charge in [-0.3, -0.25) is 4.79 Å². The fraction of sp³-hybridized carbons (Fsp3) is 0.444. The molecule has 1 aliphatic rings. The van der Waals surface area contributed by atoms with Gasteiger partial charge >= 0.3 is 5.97 Å². The van der Waals surface area contributed by atoms with Crippen LogP contribution in [0.4, 0.5) is 0 Å². The Morgan fingerprint density at radius 3 is 2.54 bits per heavy atom. The standard InChI is InChI=1S/C18H22N2O5S/c1-2-10-19-17(21)14-25-18(22)15-8-7-9-16(13-15)26(23,24)20-11-5-3-4-6-12-20/h1,7-9,13H,3-6,10-12,14H2,(H,19,21). The van der Waals surface area contributed by atoms with Gasteiger partial charge in [0.15, 0.2) is 6.61 Å². The summed E-state index contributed by atoms with van der Waals surface area (Å²) in [5, 5.41) is 2.37. The zero-order chi connectivity index (χ0) is 19.0. The Bertz CT molecular complexity index is 790. The number of hydrogen-bond acceptors (Lipinski definition) is 5. The molecule has 1 aromatic rings. The summed E-state index contributed by atoms with van der Waals surface area (Å²) in [6, 6.07) is 5.67. The smallest absolute Gasteiger partial charge is 0.338 e. The Hall–Kier alpha value is -2.37. The zero-order valence-corrected chi connectivity index (χ0v) is 15.3. The Balaban J connectivity index is 2.08. The molecule has 1 heterocycles. The highest BCUT2D eigenvalue weighted by Crippen LogP contribution is 2.21. The predicted molar refractivity (Wildman–Crippen MR) is 95.8 cm³/mol. The zero-order valence-electron chi connectivity index (χ0n) is 14.4. The molecule has 2 rings (SSSR count). The fourth-order valence-electron chi connectivity index (χ4n) is 2.63. The first kappa shape index (κ1) is 19.9. The van der Waals surface area contributed by atoms with Crippen molar-refractivity contribution >= 4 is 21.9 Å². The first-order valence-electron chi connectivity index (χ1n) is 8.42. The number of sulfonamides is 1. The van der Waals surface area contributed by atoms with Gasteiger partial charge in [-0.25, -0.2) is 13.2 Å². The van der Waals surface area contributed by atoms with E-state index in [1.54, 1.807) is 0 Å². The van der Waals surface area contributed by atoms with E-state index < -0.39 is 28.5 Å². The van der Waals surface area contributed by atoms with Crippen molar-refractivity contribution in [3.63, 3.8) is 0 Å². The fourth-order valence-corrected chi connectivity index (χ4v) is 4.19. The number of hydrogen-bond donors (Lipinski definition) is 1. The average Bonchev–Trinajstić information content (AvgIpc) is 2.94. The average molecular weight is 378 g/mol. The van der Waals surface area contributed by atoms with E-state index in [0.717, 1.165) is 25.7 Å². The van der Waals surface area contributed by atoms with Crippen LogP contribution in [0.25, 0.3) is 0 Å². The van der Waals surface area contributed by atoms with Crippen LogP contribution < -0.4 is 5.32 Å². The highest BCUT2D eigenvalue weighted by Gasteiger charge is 2.26. The van der Waals surface area contributed by atoms with Crippen molar-refractivity contribution in [2.24, 2.45) is 0 Å². The summed E-state index contributed by atoms with van der Waals surface area (Å²) in [5.74, 6) is 0.941. The maximum atomic E-state index is 12.8. The van der Waals surface area contributed by atoms with E-state index in [1.165, 1.54) is 28.6 Å². The molecule has 1 amide bonds. The molecule has 0 radical (unpaired) electrons. The lowest BCUT2D eigenvalue weighted by atomic mass is 10.2. The van der Waals surface area contributed by atoms with E-state index in [1.807, 2.05) is 0 Å². The van der Waals surface area contributed by atoms with Crippen molar-refractivity contribution in [1.82, 2.24) is 9.62 Å². The summed E-state index contributed by atoms with van der Waals surface area (Å²) in [7, 11) is -3.66. The Morgan fingerprint density at radius 1 is 1.19 bits per heavy atom. The third-order valence-corrected chi connectivity index (χ3v) is 5.89. The highest BCUT2D eigenvalue weighted by atomic mass is 32.2. The molecule has 0 saturated carbocycles. The minimum Gasteiger partial charge on any atom is -0.452 e. The van der Waals surface area contributed by atoms with Crippen molar-refractivity contribution in [2.75, 3.05) is 26.2 Å². The van der Waals surface area contributed by atoms with Gasteiger partial charge in [0.25, 0.3) is 5.91 Å². The molecule has 8 heteroatoms. The summed E-state index contributed by atoms with van der Waals surface area (Å²) in [4.78, 5) is 23.5. The van der Waals surface area contributed by atoms with E-state index in [9.17, 15) is 18.0 Å². The number of esters is 1. The molecule has 1 aromatic carbocycles. The van der Waals surface area contributed by atoms with E-state index in [0.29, 0.717) is 13.1 Å². The van der Waals surface area contributed by atoms with Gasteiger partial charge in [-0.15, -0.1) is 6.42 Å². The van der Waals surface area contributed by atoms with Gasteiger partial charge in [0.05, 0.1) is 17.0 Å². The van der Waals surface area contributed by atoms with Crippen LogP contribution in [-0.2, 0) is 19.6 Å². The number of carbonyl (C=O) groups excluding carboxylic acids is 2. The number of nitrogens with zero attached hydrogens (tertiary/aromatic N) is 1. The second-order valence-corrected chi connectivity index (χ2v) is 7.84. The third-order valence-electron chi connectivity index (χ3n) is 3.99. The summed E-state index contributed by atoms with van der Waals surface area (Å²) >= 11 is 0. The van der Waals surface area contributed by atoms with Gasteiger partial charge in [-0.1, -0.05) is 24.8 Å². The van der Waals surface area contributed by atoms with Crippen LogP contribution >= 0.6 is 0 Å². The van der Waals surface area contributed by atoms with Crippen molar-refractivity contribution in [3.8, 4) is 12.3 Å². The number of nitrogens with one attached hydrogen (secondary N) is 1. The van der Waals surface area contributed by atoms with Crippen LogP contribution in [0.5, 0.6) is 0 Å². The molecule has 1 N–H and O–H groups in total. The predicted octanol–water partition coefficient (Wildman–Crippen LogP) is 1.16. The quantitative estimate of drug-likeness (QED) is 0.592. The Labute approximate surface area is 153 Å².